The van der Waals surface area contributed by atoms with Crippen molar-refractivity contribution in [3.63, 3.8) is 0 Å². The zero-order valence-electron chi connectivity index (χ0n) is 12.3. The van der Waals surface area contributed by atoms with Crippen molar-refractivity contribution in [2.45, 2.75) is 40.2 Å². The molecule has 0 spiro atoms. The topological polar surface area (TPSA) is 41.1 Å². The average molecular weight is 278 g/mol. The molecule has 4 nitrogen and oxygen atoms in total. The lowest BCUT2D eigenvalue weighted by Gasteiger charge is -2.29. The summed E-state index contributed by atoms with van der Waals surface area (Å²) in [7, 11) is 1.87. The van der Waals surface area contributed by atoms with Crippen molar-refractivity contribution in [3.8, 4) is 0 Å². The van der Waals surface area contributed by atoms with Crippen molar-refractivity contribution < 1.29 is 0 Å². The zero-order chi connectivity index (χ0) is 14.0. The summed E-state index contributed by atoms with van der Waals surface area (Å²) in [5.74, 6) is 1.75. The number of thiophene rings is 1. The highest BCUT2D eigenvalue weighted by Gasteiger charge is 2.18. The van der Waals surface area contributed by atoms with Gasteiger partial charge < -0.3 is 10.2 Å². The Morgan fingerprint density at radius 3 is 2.68 bits per heavy atom. The number of rotatable bonds is 5. The second-order valence-corrected chi connectivity index (χ2v) is 5.97. The number of nitrogens with zero attached hydrogens (tertiary/aromatic N) is 3. The van der Waals surface area contributed by atoms with E-state index in [0.717, 1.165) is 23.6 Å². The number of hydrogen-bond donors (Lipinski definition) is 1. The Labute approximate surface area is 118 Å². The lowest BCUT2D eigenvalue weighted by Crippen LogP contribution is -2.33. The van der Waals surface area contributed by atoms with Gasteiger partial charge in [0.1, 0.15) is 10.6 Å². The molecule has 2 aromatic rings. The van der Waals surface area contributed by atoms with Crippen LogP contribution in [0.5, 0.6) is 0 Å². The standard InChI is InChI=1S/C14H22N4S/c1-6-9(3)18(7-2)12-11-8-10(4)19-13(11)17-14(15-5)16-12/h8-9H,6-7H2,1-5H3,(H,15,16,17). The molecule has 0 fully saturated rings. The summed E-state index contributed by atoms with van der Waals surface area (Å²) in [5, 5.41) is 4.23. The van der Waals surface area contributed by atoms with Gasteiger partial charge in [0.2, 0.25) is 5.95 Å². The molecule has 2 rings (SSSR count). The summed E-state index contributed by atoms with van der Waals surface area (Å²) in [6.07, 6.45) is 1.11. The first-order chi connectivity index (χ1) is 9.10. The number of aromatic nitrogens is 2. The van der Waals surface area contributed by atoms with E-state index in [0.29, 0.717) is 12.0 Å². The minimum absolute atomic E-state index is 0.480. The van der Waals surface area contributed by atoms with Gasteiger partial charge >= 0.3 is 0 Å². The molecule has 2 heterocycles. The highest BCUT2D eigenvalue weighted by Crippen LogP contribution is 2.32. The molecule has 1 unspecified atom stereocenters. The molecule has 2 aromatic heterocycles. The van der Waals surface area contributed by atoms with Crippen LogP contribution in [0.15, 0.2) is 6.07 Å². The third kappa shape index (κ3) is 2.66. The molecule has 5 heteroatoms. The summed E-state index contributed by atoms with van der Waals surface area (Å²) in [6.45, 7) is 9.71. The van der Waals surface area contributed by atoms with Crippen LogP contribution in [0.1, 0.15) is 32.1 Å². The van der Waals surface area contributed by atoms with Gasteiger partial charge in [-0.25, -0.2) is 4.98 Å². The Morgan fingerprint density at radius 2 is 2.11 bits per heavy atom. The number of anilines is 2. The molecule has 0 bridgehead atoms. The molecule has 0 aliphatic heterocycles. The monoisotopic (exact) mass is 278 g/mol. The van der Waals surface area contributed by atoms with Crippen LogP contribution in [-0.2, 0) is 0 Å². The predicted molar refractivity (Wildman–Crippen MR) is 84.5 cm³/mol. The summed E-state index contributed by atoms with van der Waals surface area (Å²) in [5.41, 5.74) is 0. The maximum absolute atomic E-state index is 4.68. The maximum Gasteiger partial charge on any atom is 0.225 e. The van der Waals surface area contributed by atoms with Crippen LogP contribution in [0.25, 0.3) is 10.2 Å². The van der Waals surface area contributed by atoms with E-state index >= 15 is 0 Å². The van der Waals surface area contributed by atoms with E-state index in [1.54, 1.807) is 11.3 Å². The van der Waals surface area contributed by atoms with Crippen LogP contribution >= 0.6 is 11.3 Å². The van der Waals surface area contributed by atoms with Gasteiger partial charge in [-0.2, -0.15) is 4.98 Å². The molecule has 104 valence electrons. The van der Waals surface area contributed by atoms with Gasteiger partial charge in [-0.15, -0.1) is 11.3 Å². The molecule has 0 saturated carbocycles. The molecule has 0 saturated heterocycles. The summed E-state index contributed by atoms with van der Waals surface area (Å²) in [6, 6.07) is 2.67. The zero-order valence-corrected chi connectivity index (χ0v) is 13.1. The van der Waals surface area contributed by atoms with Gasteiger partial charge in [0.25, 0.3) is 0 Å². The summed E-state index contributed by atoms with van der Waals surface area (Å²) >= 11 is 1.73. The van der Waals surface area contributed by atoms with Crippen LogP contribution in [-0.4, -0.2) is 29.6 Å². The molecule has 19 heavy (non-hydrogen) atoms. The van der Waals surface area contributed by atoms with Crippen LogP contribution in [0, 0.1) is 6.92 Å². The van der Waals surface area contributed by atoms with E-state index in [-0.39, 0.29) is 0 Å². The minimum atomic E-state index is 0.480. The number of fused-ring (bicyclic) bond motifs is 1. The van der Waals surface area contributed by atoms with Gasteiger partial charge in [0.15, 0.2) is 0 Å². The van der Waals surface area contributed by atoms with E-state index in [9.17, 15) is 0 Å². The van der Waals surface area contributed by atoms with Crippen LogP contribution in [0.4, 0.5) is 11.8 Å². The second-order valence-electron chi connectivity index (χ2n) is 4.74. The molecule has 0 aromatic carbocycles. The Bertz CT molecular complexity index is 564. The molecular weight excluding hydrogens is 256 g/mol. The highest BCUT2D eigenvalue weighted by molar-refractivity contribution is 7.18. The molecule has 0 aliphatic rings. The van der Waals surface area contributed by atoms with Crippen molar-refractivity contribution in [1.29, 1.82) is 0 Å². The van der Waals surface area contributed by atoms with Crippen LogP contribution in [0.3, 0.4) is 0 Å². The Balaban J connectivity index is 2.61. The molecule has 1 N–H and O–H groups in total. The second kappa shape index (κ2) is 5.74. The third-order valence-electron chi connectivity index (χ3n) is 3.46. The lowest BCUT2D eigenvalue weighted by atomic mass is 10.2. The lowest BCUT2D eigenvalue weighted by molar-refractivity contribution is 0.625. The van der Waals surface area contributed by atoms with E-state index in [1.165, 1.54) is 10.3 Å². The fourth-order valence-corrected chi connectivity index (χ4v) is 3.12. The molecule has 1 atom stereocenters. The molecule has 0 amide bonds. The Kier molecular flexibility index (Phi) is 4.24. The first-order valence-corrected chi connectivity index (χ1v) is 7.64. The van der Waals surface area contributed by atoms with Crippen LogP contribution in [0.2, 0.25) is 0 Å². The van der Waals surface area contributed by atoms with Crippen molar-refractivity contribution >= 4 is 33.3 Å². The Hall–Kier alpha value is -1.36. The molecule has 0 radical (unpaired) electrons. The minimum Gasteiger partial charge on any atom is -0.357 e. The normalized spacial score (nSPS) is 12.7. The van der Waals surface area contributed by atoms with Gasteiger partial charge in [-0.3, -0.25) is 0 Å². The van der Waals surface area contributed by atoms with E-state index in [2.05, 4.69) is 53.9 Å². The predicted octanol–water partition coefficient (Wildman–Crippen LogP) is 3.67. The molecule has 0 aliphatic carbocycles. The van der Waals surface area contributed by atoms with Gasteiger partial charge in [-0.1, -0.05) is 6.92 Å². The van der Waals surface area contributed by atoms with E-state index < -0.39 is 0 Å². The summed E-state index contributed by atoms with van der Waals surface area (Å²) in [4.78, 5) is 13.9. The fourth-order valence-electron chi connectivity index (χ4n) is 2.25. The van der Waals surface area contributed by atoms with E-state index in [4.69, 9.17) is 0 Å². The maximum atomic E-state index is 4.68. The number of aryl methyl sites for hydroxylation is 1. The third-order valence-corrected chi connectivity index (χ3v) is 4.40. The highest BCUT2D eigenvalue weighted by atomic mass is 32.1. The smallest absolute Gasteiger partial charge is 0.225 e. The van der Waals surface area contributed by atoms with Gasteiger partial charge in [0, 0.05) is 24.5 Å². The number of hydrogen-bond acceptors (Lipinski definition) is 5. The van der Waals surface area contributed by atoms with Crippen molar-refractivity contribution in [3.05, 3.63) is 10.9 Å². The van der Waals surface area contributed by atoms with Crippen molar-refractivity contribution in [1.82, 2.24) is 9.97 Å². The number of nitrogens with one attached hydrogen (secondary N) is 1. The Morgan fingerprint density at radius 1 is 1.37 bits per heavy atom. The SMILES string of the molecule is CCC(C)N(CC)c1nc(NC)nc2sc(C)cc12. The van der Waals surface area contributed by atoms with Crippen molar-refractivity contribution in [2.24, 2.45) is 0 Å². The van der Waals surface area contributed by atoms with Gasteiger partial charge in [-0.05, 0) is 33.3 Å². The van der Waals surface area contributed by atoms with Crippen molar-refractivity contribution in [2.75, 3.05) is 23.8 Å². The molecular formula is C14H22N4S. The first-order valence-electron chi connectivity index (χ1n) is 6.83. The quantitative estimate of drug-likeness (QED) is 0.906. The fraction of sp³-hybridized carbons (Fsp3) is 0.571. The van der Waals surface area contributed by atoms with E-state index in [1.807, 2.05) is 7.05 Å². The van der Waals surface area contributed by atoms with Crippen LogP contribution < -0.4 is 10.2 Å². The largest absolute Gasteiger partial charge is 0.357 e. The van der Waals surface area contributed by atoms with Gasteiger partial charge in [0.05, 0.1) is 5.39 Å². The summed E-state index contributed by atoms with van der Waals surface area (Å²) < 4.78 is 0. The average Bonchev–Trinajstić information content (AvgIpc) is 2.79. The first kappa shape index (κ1) is 14.1.